The lowest BCUT2D eigenvalue weighted by atomic mass is 9.33. The van der Waals surface area contributed by atoms with E-state index >= 15 is 0 Å². The number of hydrogen-bond acceptors (Lipinski definition) is 6. The molecule has 0 N–H and O–H groups in total. The highest BCUT2D eigenvalue weighted by Crippen LogP contribution is 2.54. The number of benzene rings is 24. The molecular weight excluding hydrogens is 1770 g/mol. The zero-order valence-corrected chi connectivity index (χ0v) is 80.3. The van der Waals surface area contributed by atoms with Crippen molar-refractivity contribution in [2.24, 2.45) is 0 Å². The number of fused-ring (bicyclic) bond motifs is 18. The molecule has 0 saturated carbocycles. The normalized spacial score (nSPS) is 13.0. The Morgan fingerprint density at radius 2 is 0.340 bits per heavy atom. The molecule has 24 aromatic carbocycles. The maximum atomic E-state index is 2.58. The first-order valence-electron chi connectivity index (χ1n) is 51.1. The van der Waals surface area contributed by atoms with Crippen molar-refractivity contribution in [3.8, 4) is 89.0 Å². The van der Waals surface area contributed by atoms with Gasteiger partial charge in [-0.25, -0.2) is 0 Å². The first kappa shape index (κ1) is 83.8. The zero-order chi connectivity index (χ0) is 96.4. The van der Waals surface area contributed by atoms with E-state index in [2.05, 4.69) is 569 Å². The van der Waals surface area contributed by atoms with Gasteiger partial charge in [-0.2, -0.15) is 0 Å². The SMILES string of the molecule is c1ccc(-c2cc(-c3cc4c5c(c3)N(c3ccccc3)c3cc(-c6cccc(-c7cccc(-c8cc9c%10c(c8)N(c8ccccc8)c8ccccc8B%10c8ccccc8N9c8ccccc8)c7)c6)ccc3B5c3ccccc3N4c3ccccc3)cc(-c3ccccc3-c3ccc4c(c3)B3c5ccccc5N(c5ccccc5)c5cc(-c6ccc7c8ccccc8c8ccccc8c7c6)cc(c53)N4c3ccccc3)c2)cc1. The standard InChI is InChI=1S/C138H89B3N6/c1-8-38-90(39-9-1)98-78-99(80-103(79-98)111-57-23-22-56-110(111)97-72-75-128-123(82-97)141-121-65-31-35-69-127(121)145(107-50-16-5-17-51-107)132-86-101(87-133(138(132)141)146(128)108-52-18-6-19-53-108)95-70-73-116-114-60-25-24-58-112(114)113-59-26-27-61-115(113)117(116)81-95)102-88-134-137-135(89-102)147(109-54-20-7-21-55-109)129-83-96(71-74-122(129)140(137)120-64-30-34-68-126(120)144(134)106-48-14-4-15-49-106)93-42-36-40-91(76-93)92-41-37-43-94(77-92)100-84-130-136-131(85-100)143(105-46-12-3-13-47-105)125-67-33-29-63-119(125)139(136)118-62-28-32-66-124(118)142(130)104-44-10-2-11-45-104/h1-89H. The molecule has 0 fully saturated rings. The van der Waals surface area contributed by atoms with E-state index in [1.54, 1.807) is 0 Å². The van der Waals surface area contributed by atoms with Gasteiger partial charge >= 0.3 is 0 Å². The molecule has 9 heteroatoms. The van der Waals surface area contributed by atoms with Gasteiger partial charge in [0.1, 0.15) is 0 Å². The minimum Gasteiger partial charge on any atom is -0.311 e. The Labute approximate surface area is 856 Å². The molecular formula is C138H89B3N6. The molecule has 0 atom stereocenters. The molecule has 0 radical (unpaired) electrons. The Morgan fingerprint density at radius 3 is 0.735 bits per heavy atom. The smallest absolute Gasteiger partial charge is 0.252 e. The van der Waals surface area contributed by atoms with Crippen molar-refractivity contribution in [2.45, 2.75) is 0 Å². The van der Waals surface area contributed by atoms with E-state index in [1.807, 2.05) is 0 Å². The van der Waals surface area contributed by atoms with Crippen LogP contribution in [0.2, 0.25) is 0 Å². The van der Waals surface area contributed by atoms with Crippen molar-refractivity contribution >= 4 is 204 Å². The van der Waals surface area contributed by atoms with E-state index in [0.717, 1.165) is 169 Å². The second-order valence-electron chi connectivity index (χ2n) is 39.6. The van der Waals surface area contributed by atoms with Gasteiger partial charge in [0.25, 0.3) is 20.1 Å². The largest absolute Gasteiger partial charge is 0.311 e. The van der Waals surface area contributed by atoms with Crippen molar-refractivity contribution in [1.82, 2.24) is 0 Å². The number of rotatable bonds is 14. The predicted molar refractivity (Wildman–Crippen MR) is 625 cm³/mol. The Hall–Kier alpha value is -18.9. The van der Waals surface area contributed by atoms with Crippen LogP contribution in [0.4, 0.5) is 102 Å². The lowest BCUT2D eigenvalue weighted by Crippen LogP contribution is -2.61. The maximum absolute atomic E-state index is 2.58. The highest BCUT2D eigenvalue weighted by atomic mass is 15.2. The molecule has 6 aliphatic heterocycles. The fourth-order valence-corrected chi connectivity index (χ4v) is 25.3. The molecule has 680 valence electrons. The van der Waals surface area contributed by atoms with E-state index in [0.29, 0.717) is 0 Å². The molecule has 6 heterocycles. The molecule has 6 nitrogen and oxygen atoms in total. The molecule has 0 aromatic heterocycles. The summed E-state index contributed by atoms with van der Waals surface area (Å²) >= 11 is 0. The lowest BCUT2D eigenvalue weighted by Gasteiger charge is -2.44. The van der Waals surface area contributed by atoms with Gasteiger partial charge in [0, 0.05) is 102 Å². The molecule has 24 aromatic rings. The summed E-state index contributed by atoms with van der Waals surface area (Å²) in [5.74, 6) is 0. The molecule has 147 heavy (non-hydrogen) atoms. The van der Waals surface area contributed by atoms with Crippen molar-refractivity contribution < 1.29 is 0 Å². The van der Waals surface area contributed by atoms with E-state index < -0.39 is 0 Å². The summed E-state index contributed by atoms with van der Waals surface area (Å²) in [5, 5.41) is 7.54. The quantitative estimate of drug-likeness (QED) is 0.0793. The topological polar surface area (TPSA) is 19.4 Å². The summed E-state index contributed by atoms with van der Waals surface area (Å²) in [6.07, 6.45) is 0. The first-order chi connectivity index (χ1) is 72.9. The third kappa shape index (κ3) is 13.4. The first-order valence-corrected chi connectivity index (χ1v) is 51.1. The molecule has 0 amide bonds. The minimum atomic E-state index is -0.153. The van der Waals surface area contributed by atoms with E-state index in [1.165, 1.54) is 104 Å². The van der Waals surface area contributed by atoms with Crippen LogP contribution >= 0.6 is 0 Å². The van der Waals surface area contributed by atoms with Gasteiger partial charge in [-0.3, -0.25) is 0 Å². The van der Waals surface area contributed by atoms with Crippen molar-refractivity contribution in [3.63, 3.8) is 0 Å². The highest BCUT2D eigenvalue weighted by Gasteiger charge is 2.48. The van der Waals surface area contributed by atoms with E-state index in [9.17, 15) is 0 Å². The zero-order valence-electron chi connectivity index (χ0n) is 80.3. The van der Waals surface area contributed by atoms with E-state index in [4.69, 9.17) is 0 Å². The maximum Gasteiger partial charge on any atom is 0.252 e. The molecule has 0 unspecified atom stereocenters. The predicted octanol–water partition coefficient (Wildman–Crippen LogP) is 30.7. The van der Waals surface area contributed by atoms with Crippen molar-refractivity contribution in [1.29, 1.82) is 0 Å². The molecule has 0 aliphatic carbocycles. The third-order valence-corrected chi connectivity index (χ3v) is 31.6. The lowest BCUT2D eigenvalue weighted by molar-refractivity contribution is 1.25. The minimum absolute atomic E-state index is 0.0131. The van der Waals surface area contributed by atoms with Gasteiger partial charge in [-0.1, -0.05) is 358 Å². The van der Waals surface area contributed by atoms with Gasteiger partial charge in [-0.15, -0.1) is 0 Å². The van der Waals surface area contributed by atoms with Gasteiger partial charge < -0.3 is 29.4 Å². The van der Waals surface area contributed by atoms with Gasteiger partial charge in [0.2, 0.25) is 0 Å². The summed E-state index contributed by atoms with van der Waals surface area (Å²) in [4.78, 5) is 15.2. The fourth-order valence-electron chi connectivity index (χ4n) is 25.3. The van der Waals surface area contributed by atoms with Crippen LogP contribution in [0.5, 0.6) is 0 Å². The Morgan fingerprint density at radius 1 is 0.109 bits per heavy atom. The number of hydrogen-bond donors (Lipinski definition) is 0. The third-order valence-electron chi connectivity index (χ3n) is 31.6. The summed E-state index contributed by atoms with van der Waals surface area (Å²) in [7, 11) is 0. The van der Waals surface area contributed by atoms with Crippen molar-refractivity contribution in [2.75, 3.05) is 29.4 Å². The molecule has 30 rings (SSSR count). The molecule has 0 saturated heterocycles. The van der Waals surface area contributed by atoms with Crippen LogP contribution in [0.25, 0.3) is 121 Å². The highest BCUT2D eigenvalue weighted by molar-refractivity contribution is 7.02. The van der Waals surface area contributed by atoms with Crippen LogP contribution < -0.4 is 78.6 Å². The van der Waals surface area contributed by atoms with Crippen LogP contribution in [0.15, 0.2) is 540 Å². The van der Waals surface area contributed by atoms with E-state index in [-0.39, 0.29) is 20.1 Å². The van der Waals surface area contributed by atoms with Crippen LogP contribution in [-0.4, -0.2) is 20.1 Å². The Bertz CT molecular complexity index is 9330. The van der Waals surface area contributed by atoms with Crippen molar-refractivity contribution in [3.05, 3.63) is 540 Å². The fraction of sp³-hybridized carbons (Fsp3) is 0. The van der Waals surface area contributed by atoms with Crippen LogP contribution in [-0.2, 0) is 0 Å². The average Bonchev–Trinajstić information content (AvgIpc) is 0.699. The second kappa shape index (κ2) is 33.9. The van der Waals surface area contributed by atoms with Gasteiger partial charge in [0.05, 0.1) is 0 Å². The summed E-state index contributed by atoms with van der Waals surface area (Å²) in [5.41, 5.74) is 50.0. The molecule has 0 spiro atoms. The van der Waals surface area contributed by atoms with Crippen LogP contribution in [0, 0.1) is 0 Å². The second-order valence-corrected chi connectivity index (χ2v) is 39.6. The Kier molecular flexibility index (Phi) is 19.3. The van der Waals surface area contributed by atoms with Gasteiger partial charge in [-0.05, 0) is 352 Å². The molecule has 0 bridgehead atoms. The summed E-state index contributed by atoms with van der Waals surface area (Å²) in [6, 6.07) is 203. The van der Waals surface area contributed by atoms with Crippen LogP contribution in [0.1, 0.15) is 0 Å². The number of para-hydroxylation sites is 10. The average molecular weight is 1860 g/mol. The van der Waals surface area contributed by atoms with Gasteiger partial charge in [0.15, 0.2) is 0 Å². The molecule has 6 aliphatic rings. The number of anilines is 18. The summed E-state index contributed by atoms with van der Waals surface area (Å²) < 4.78 is 0. The monoisotopic (exact) mass is 1860 g/mol. The number of nitrogens with zero attached hydrogens (tertiary/aromatic N) is 6. The Balaban J connectivity index is 0.567. The van der Waals surface area contributed by atoms with Crippen LogP contribution in [0.3, 0.4) is 0 Å². The summed E-state index contributed by atoms with van der Waals surface area (Å²) in [6.45, 7) is -0.278.